The van der Waals surface area contributed by atoms with Gasteiger partial charge in [-0.15, -0.1) is 0 Å². The third kappa shape index (κ3) is 2.37. The van der Waals surface area contributed by atoms with Crippen molar-refractivity contribution in [1.82, 2.24) is 4.98 Å². The standard InChI is InChI=1S/C10H14N2O3/c1-3-4-7(12-15)9-8(13)5-6(2)11-10(9)14/h5,15H,3-4H2,1-2H3,(H2,11,13,14)/b12-7-. The Hall–Kier alpha value is -1.78. The van der Waals surface area contributed by atoms with Crippen LogP contribution in [-0.4, -0.2) is 21.0 Å². The number of nitrogens with one attached hydrogen (secondary N) is 1. The van der Waals surface area contributed by atoms with Crippen LogP contribution in [0, 0.1) is 6.92 Å². The molecule has 1 aromatic rings. The number of pyridine rings is 1. The van der Waals surface area contributed by atoms with E-state index >= 15 is 0 Å². The van der Waals surface area contributed by atoms with Gasteiger partial charge in [0.05, 0.1) is 5.71 Å². The lowest BCUT2D eigenvalue weighted by Gasteiger charge is -2.05. The third-order valence-electron chi connectivity index (χ3n) is 2.04. The molecule has 3 N–H and O–H groups in total. The Kier molecular flexibility index (Phi) is 3.49. The van der Waals surface area contributed by atoms with Gasteiger partial charge in [-0.3, -0.25) is 4.79 Å². The number of hydrogen-bond donors (Lipinski definition) is 3. The molecule has 0 aliphatic heterocycles. The van der Waals surface area contributed by atoms with Crippen molar-refractivity contribution in [3.05, 3.63) is 27.7 Å². The van der Waals surface area contributed by atoms with Crippen molar-refractivity contribution in [2.75, 3.05) is 0 Å². The van der Waals surface area contributed by atoms with Crippen molar-refractivity contribution in [1.29, 1.82) is 0 Å². The Morgan fingerprint density at radius 2 is 2.27 bits per heavy atom. The molecule has 15 heavy (non-hydrogen) atoms. The highest BCUT2D eigenvalue weighted by atomic mass is 16.4. The van der Waals surface area contributed by atoms with Gasteiger partial charge in [0, 0.05) is 5.69 Å². The van der Waals surface area contributed by atoms with Crippen LogP contribution in [0.2, 0.25) is 0 Å². The first-order chi connectivity index (χ1) is 7.10. The lowest BCUT2D eigenvalue weighted by atomic mass is 10.1. The highest BCUT2D eigenvalue weighted by Crippen LogP contribution is 2.15. The quantitative estimate of drug-likeness (QED) is 0.400. The summed E-state index contributed by atoms with van der Waals surface area (Å²) in [5.74, 6) is -0.155. The predicted molar refractivity (Wildman–Crippen MR) is 56.7 cm³/mol. The van der Waals surface area contributed by atoms with Gasteiger partial charge in [0.15, 0.2) is 0 Å². The van der Waals surface area contributed by atoms with Gasteiger partial charge in [-0.25, -0.2) is 0 Å². The summed E-state index contributed by atoms with van der Waals surface area (Å²) in [6, 6.07) is 1.43. The number of aromatic hydroxyl groups is 1. The van der Waals surface area contributed by atoms with E-state index in [2.05, 4.69) is 10.1 Å². The van der Waals surface area contributed by atoms with Crippen LogP contribution in [0.15, 0.2) is 16.0 Å². The van der Waals surface area contributed by atoms with E-state index in [1.165, 1.54) is 6.07 Å². The summed E-state index contributed by atoms with van der Waals surface area (Å²) in [7, 11) is 0. The molecule has 5 heteroatoms. The molecule has 0 amide bonds. The maximum atomic E-state index is 11.5. The summed E-state index contributed by atoms with van der Waals surface area (Å²) in [4.78, 5) is 14.1. The van der Waals surface area contributed by atoms with E-state index in [4.69, 9.17) is 5.21 Å². The van der Waals surface area contributed by atoms with Gasteiger partial charge >= 0.3 is 0 Å². The minimum Gasteiger partial charge on any atom is -0.507 e. The molecular weight excluding hydrogens is 196 g/mol. The van der Waals surface area contributed by atoms with Gasteiger partial charge in [-0.1, -0.05) is 18.5 Å². The largest absolute Gasteiger partial charge is 0.507 e. The van der Waals surface area contributed by atoms with E-state index < -0.39 is 5.56 Å². The van der Waals surface area contributed by atoms with Crippen molar-refractivity contribution >= 4 is 5.71 Å². The molecule has 1 aromatic heterocycles. The Morgan fingerprint density at radius 1 is 1.60 bits per heavy atom. The molecule has 5 nitrogen and oxygen atoms in total. The zero-order valence-electron chi connectivity index (χ0n) is 8.74. The van der Waals surface area contributed by atoms with Crippen LogP contribution in [-0.2, 0) is 0 Å². The molecule has 0 bridgehead atoms. The Labute approximate surface area is 87.1 Å². The minimum absolute atomic E-state index is 0.0463. The summed E-state index contributed by atoms with van der Waals surface area (Å²) in [5, 5.41) is 21.4. The van der Waals surface area contributed by atoms with Gasteiger partial charge in [0.2, 0.25) is 0 Å². The van der Waals surface area contributed by atoms with Gasteiger partial charge in [0.25, 0.3) is 5.56 Å². The molecule has 0 aliphatic carbocycles. The number of nitrogens with zero attached hydrogens (tertiary/aromatic N) is 1. The van der Waals surface area contributed by atoms with Crippen molar-refractivity contribution < 1.29 is 10.3 Å². The van der Waals surface area contributed by atoms with E-state index in [1.807, 2.05) is 6.92 Å². The SMILES string of the molecule is CCC/C(=N/O)c1c(O)cc(C)[nH]c1=O. The monoisotopic (exact) mass is 210 g/mol. The van der Waals surface area contributed by atoms with E-state index in [-0.39, 0.29) is 17.0 Å². The van der Waals surface area contributed by atoms with Crippen LogP contribution >= 0.6 is 0 Å². The highest BCUT2D eigenvalue weighted by molar-refractivity contribution is 6.02. The first-order valence-electron chi connectivity index (χ1n) is 4.74. The Bertz CT molecular complexity index is 435. The highest BCUT2D eigenvalue weighted by Gasteiger charge is 2.14. The predicted octanol–water partition coefficient (Wildman–Crippen LogP) is 1.37. The molecule has 0 saturated carbocycles. The number of H-pyrrole nitrogens is 1. The zero-order chi connectivity index (χ0) is 11.4. The van der Waals surface area contributed by atoms with Gasteiger partial charge < -0.3 is 15.3 Å². The van der Waals surface area contributed by atoms with Crippen molar-refractivity contribution in [3.63, 3.8) is 0 Å². The van der Waals surface area contributed by atoms with E-state index in [0.717, 1.165) is 6.42 Å². The molecule has 0 aromatic carbocycles. The Balaban J connectivity index is 3.30. The molecule has 0 radical (unpaired) electrons. The lowest BCUT2D eigenvalue weighted by molar-refractivity contribution is 0.317. The van der Waals surface area contributed by atoms with Crippen LogP contribution in [0.1, 0.15) is 31.0 Å². The molecule has 0 saturated heterocycles. The first-order valence-corrected chi connectivity index (χ1v) is 4.74. The summed E-state index contributed by atoms with van der Waals surface area (Å²) >= 11 is 0. The maximum absolute atomic E-state index is 11.5. The second kappa shape index (κ2) is 4.63. The number of aromatic nitrogens is 1. The second-order valence-electron chi connectivity index (χ2n) is 3.34. The van der Waals surface area contributed by atoms with Crippen LogP contribution < -0.4 is 5.56 Å². The number of aryl methyl sites for hydroxylation is 1. The first kappa shape index (κ1) is 11.3. The van der Waals surface area contributed by atoms with Crippen molar-refractivity contribution in [2.24, 2.45) is 5.16 Å². The fraction of sp³-hybridized carbons (Fsp3) is 0.400. The summed E-state index contributed by atoms with van der Waals surface area (Å²) in [5.41, 5.74) is 0.380. The second-order valence-corrected chi connectivity index (χ2v) is 3.34. The molecule has 1 heterocycles. The minimum atomic E-state index is -0.436. The fourth-order valence-corrected chi connectivity index (χ4v) is 1.41. The summed E-state index contributed by atoms with van der Waals surface area (Å²) in [6.45, 7) is 3.56. The molecule has 0 unspecified atom stereocenters. The number of hydrogen-bond acceptors (Lipinski definition) is 4. The van der Waals surface area contributed by atoms with Crippen LogP contribution in [0.4, 0.5) is 0 Å². The normalized spacial score (nSPS) is 11.7. The van der Waals surface area contributed by atoms with Crippen LogP contribution in [0.25, 0.3) is 0 Å². The lowest BCUT2D eigenvalue weighted by Crippen LogP contribution is -2.19. The maximum Gasteiger partial charge on any atom is 0.261 e. The summed E-state index contributed by atoms with van der Waals surface area (Å²) < 4.78 is 0. The average Bonchev–Trinajstić information content (AvgIpc) is 2.14. The molecule has 82 valence electrons. The van der Waals surface area contributed by atoms with Gasteiger partial charge in [-0.05, 0) is 19.4 Å². The number of rotatable bonds is 3. The fourth-order valence-electron chi connectivity index (χ4n) is 1.41. The molecule has 0 fully saturated rings. The number of oxime groups is 1. The smallest absolute Gasteiger partial charge is 0.261 e. The van der Waals surface area contributed by atoms with Gasteiger partial charge in [-0.2, -0.15) is 0 Å². The average molecular weight is 210 g/mol. The van der Waals surface area contributed by atoms with E-state index in [0.29, 0.717) is 12.1 Å². The zero-order valence-corrected chi connectivity index (χ0v) is 8.74. The number of aromatic amines is 1. The Morgan fingerprint density at radius 3 is 2.73 bits per heavy atom. The van der Waals surface area contributed by atoms with Crippen molar-refractivity contribution in [3.8, 4) is 5.75 Å². The summed E-state index contributed by atoms with van der Waals surface area (Å²) in [6.07, 6.45) is 1.17. The van der Waals surface area contributed by atoms with Gasteiger partial charge in [0.1, 0.15) is 11.3 Å². The third-order valence-corrected chi connectivity index (χ3v) is 2.04. The molecule has 0 atom stereocenters. The van der Waals surface area contributed by atoms with E-state index in [9.17, 15) is 9.90 Å². The van der Waals surface area contributed by atoms with Crippen LogP contribution in [0.5, 0.6) is 5.75 Å². The van der Waals surface area contributed by atoms with E-state index in [1.54, 1.807) is 6.92 Å². The van der Waals surface area contributed by atoms with Crippen LogP contribution in [0.3, 0.4) is 0 Å². The molecule has 0 aliphatic rings. The molecular formula is C10H14N2O3. The van der Waals surface area contributed by atoms with Crippen molar-refractivity contribution in [2.45, 2.75) is 26.7 Å². The molecule has 1 rings (SSSR count). The topological polar surface area (TPSA) is 85.7 Å². The molecule has 0 spiro atoms.